The highest BCUT2D eigenvalue weighted by molar-refractivity contribution is 6.16. The van der Waals surface area contributed by atoms with Crippen molar-refractivity contribution in [3.05, 3.63) is 217 Å². The summed E-state index contributed by atoms with van der Waals surface area (Å²) < 4.78 is 6.51. The van der Waals surface area contributed by atoms with Gasteiger partial charge in [0, 0.05) is 38.3 Å². The van der Waals surface area contributed by atoms with Crippen LogP contribution in [0.5, 0.6) is 0 Å². The number of fused-ring (bicyclic) bond motifs is 10. The molecule has 0 saturated heterocycles. The molecule has 1 aliphatic rings. The van der Waals surface area contributed by atoms with E-state index in [0.29, 0.717) is 5.82 Å². The van der Waals surface area contributed by atoms with Crippen LogP contribution in [-0.2, 0) is 5.41 Å². The van der Waals surface area contributed by atoms with Crippen LogP contribution in [0.4, 0.5) is 0 Å². The van der Waals surface area contributed by atoms with E-state index in [1.165, 1.54) is 54.9 Å². The Bertz CT molecular complexity index is 3880. The smallest absolute Gasteiger partial charge is 0.160 e. The van der Waals surface area contributed by atoms with Crippen LogP contribution < -0.4 is 0 Å². The molecule has 13 rings (SSSR count). The number of hydrogen-bond donors (Lipinski definition) is 0. The maximum Gasteiger partial charge on any atom is 0.160 e. The van der Waals surface area contributed by atoms with Gasteiger partial charge in [-0.1, -0.05) is 184 Å². The summed E-state index contributed by atoms with van der Waals surface area (Å²) in [6.07, 6.45) is 0. The van der Waals surface area contributed by atoms with Crippen LogP contribution in [0.1, 0.15) is 25.0 Å². The van der Waals surface area contributed by atoms with Crippen molar-refractivity contribution in [1.82, 2.24) is 9.97 Å². The molecule has 0 bridgehead atoms. The fourth-order valence-electron chi connectivity index (χ4n) is 10.5. The molecule has 0 aliphatic heterocycles. The second-order valence-electron chi connectivity index (χ2n) is 17.7. The summed E-state index contributed by atoms with van der Waals surface area (Å²) in [5.41, 5.74) is 16.5. The van der Waals surface area contributed by atoms with Crippen LogP contribution in [0.25, 0.3) is 122 Å². The molecule has 2 aromatic heterocycles. The van der Waals surface area contributed by atoms with E-state index in [1.807, 2.05) is 6.07 Å². The van der Waals surface area contributed by atoms with Gasteiger partial charge in [0.05, 0.1) is 11.4 Å². The minimum Gasteiger partial charge on any atom is -0.455 e. The third kappa shape index (κ3) is 5.54. The molecule has 0 fully saturated rings. The predicted molar refractivity (Wildman–Crippen MR) is 267 cm³/mol. The van der Waals surface area contributed by atoms with Crippen molar-refractivity contribution < 1.29 is 4.42 Å². The molecule has 0 N–H and O–H groups in total. The molecule has 0 radical (unpaired) electrons. The Kier molecular flexibility index (Phi) is 7.95. The van der Waals surface area contributed by atoms with E-state index in [2.05, 4.69) is 214 Å². The molecule has 12 aromatic rings. The number of benzene rings is 10. The fourth-order valence-corrected chi connectivity index (χ4v) is 10.5. The molecule has 0 unspecified atom stereocenters. The summed E-state index contributed by atoms with van der Waals surface area (Å²) in [5.74, 6) is 0.686. The summed E-state index contributed by atoms with van der Waals surface area (Å²) in [7, 11) is 0. The van der Waals surface area contributed by atoms with E-state index in [4.69, 9.17) is 14.4 Å². The van der Waals surface area contributed by atoms with Crippen molar-refractivity contribution >= 4 is 54.3 Å². The Morgan fingerprint density at radius 2 is 1.00 bits per heavy atom. The van der Waals surface area contributed by atoms with Gasteiger partial charge in [-0.05, 0) is 108 Å². The summed E-state index contributed by atoms with van der Waals surface area (Å²) >= 11 is 0. The van der Waals surface area contributed by atoms with Crippen LogP contribution in [0.2, 0.25) is 0 Å². The molecule has 0 saturated carbocycles. The quantitative estimate of drug-likeness (QED) is 0.174. The molecule has 300 valence electrons. The zero-order valence-electron chi connectivity index (χ0n) is 35.4. The number of nitrogens with zero attached hydrogens (tertiary/aromatic N) is 2. The van der Waals surface area contributed by atoms with E-state index in [1.54, 1.807) is 0 Å². The highest BCUT2D eigenvalue weighted by Crippen LogP contribution is 2.54. The van der Waals surface area contributed by atoms with Gasteiger partial charge in [-0.2, -0.15) is 0 Å². The predicted octanol–water partition coefficient (Wildman–Crippen LogP) is 16.5. The van der Waals surface area contributed by atoms with E-state index in [0.717, 1.165) is 71.9 Å². The lowest BCUT2D eigenvalue weighted by atomic mass is 9.81. The fraction of sp³-hybridized carbons (Fsp3) is 0.0492. The maximum absolute atomic E-state index is 6.51. The van der Waals surface area contributed by atoms with Crippen molar-refractivity contribution in [2.75, 3.05) is 0 Å². The average Bonchev–Trinajstić information content (AvgIpc) is 3.84. The molecular formula is C61H40N2O. The highest BCUT2D eigenvalue weighted by atomic mass is 16.3. The third-order valence-electron chi connectivity index (χ3n) is 13.7. The van der Waals surface area contributed by atoms with Crippen LogP contribution in [0.15, 0.2) is 211 Å². The van der Waals surface area contributed by atoms with Gasteiger partial charge >= 0.3 is 0 Å². The number of furan rings is 1. The molecule has 10 aromatic carbocycles. The first-order valence-corrected chi connectivity index (χ1v) is 22.1. The third-order valence-corrected chi connectivity index (χ3v) is 13.7. The average molecular weight is 817 g/mol. The Morgan fingerprint density at radius 3 is 1.81 bits per heavy atom. The molecule has 0 atom stereocenters. The topological polar surface area (TPSA) is 38.9 Å². The molecule has 3 nitrogen and oxygen atoms in total. The lowest BCUT2D eigenvalue weighted by Crippen LogP contribution is -2.14. The first-order chi connectivity index (χ1) is 31.5. The van der Waals surface area contributed by atoms with Gasteiger partial charge < -0.3 is 4.42 Å². The summed E-state index contributed by atoms with van der Waals surface area (Å²) in [5, 5.41) is 9.38. The zero-order chi connectivity index (χ0) is 42.5. The second kappa shape index (κ2) is 13.9. The standard InChI is InChI=1S/C61H40N2O/c1-61(2)53-26-14-25-49(58(53)52-33-39-18-6-7-19-40(39)35-54(52)61)46-30-31-48(45-23-12-11-22-44(45)46)56-36-55(62-60(63-56)38-16-4-3-5-17-38)47-24-13-10-20-42(47)41-28-32-57-51(34-41)50-29-27-37-15-8-9-21-43(37)59(50)64-57/h3-36H,1-2H3. The minimum absolute atomic E-state index is 0.130. The van der Waals surface area contributed by atoms with Crippen molar-refractivity contribution in [2.24, 2.45) is 0 Å². The second-order valence-corrected chi connectivity index (χ2v) is 17.7. The van der Waals surface area contributed by atoms with Crippen LogP contribution in [0, 0.1) is 0 Å². The van der Waals surface area contributed by atoms with Crippen molar-refractivity contribution in [2.45, 2.75) is 19.3 Å². The molecule has 2 heterocycles. The van der Waals surface area contributed by atoms with Crippen LogP contribution in [-0.4, -0.2) is 9.97 Å². The molecular weight excluding hydrogens is 777 g/mol. The first-order valence-electron chi connectivity index (χ1n) is 22.1. The summed E-state index contributed by atoms with van der Waals surface area (Å²) in [6.45, 7) is 4.73. The van der Waals surface area contributed by atoms with Gasteiger partial charge in [-0.3, -0.25) is 0 Å². The van der Waals surface area contributed by atoms with Gasteiger partial charge in [0.15, 0.2) is 5.82 Å². The van der Waals surface area contributed by atoms with Crippen molar-refractivity contribution in [3.63, 3.8) is 0 Å². The summed E-state index contributed by atoms with van der Waals surface area (Å²) in [6, 6.07) is 74.2. The normalized spacial score (nSPS) is 13.0. The van der Waals surface area contributed by atoms with Gasteiger partial charge in [0.2, 0.25) is 0 Å². The first kappa shape index (κ1) is 36.5. The Labute approximate surface area is 371 Å². The largest absolute Gasteiger partial charge is 0.455 e. The van der Waals surface area contributed by atoms with Gasteiger partial charge in [0.25, 0.3) is 0 Å². The van der Waals surface area contributed by atoms with Gasteiger partial charge in [-0.15, -0.1) is 0 Å². The van der Waals surface area contributed by atoms with E-state index in [-0.39, 0.29) is 5.41 Å². The van der Waals surface area contributed by atoms with Crippen LogP contribution >= 0.6 is 0 Å². The monoisotopic (exact) mass is 816 g/mol. The van der Waals surface area contributed by atoms with E-state index < -0.39 is 0 Å². The molecule has 1 aliphatic carbocycles. The van der Waals surface area contributed by atoms with E-state index >= 15 is 0 Å². The SMILES string of the molecule is CC1(C)c2cc3ccccc3cc2-c2c(-c3ccc(-c4cc(-c5ccccc5-c5ccc6oc7c8ccccc8ccc7c6c5)nc(-c5ccccc5)n4)c4ccccc34)cccc21. The molecule has 0 amide bonds. The van der Waals surface area contributed by atoms with Gasteiger partial charge in [-0.25, -0.2) is 9.97 Å². The Hall–Kier alpha value is -8.14. The molecule has 0 spiro atoms. The Balaban J connectivity index is 0.987. The number of rotatable bonds is 5. The molecule has 64 heavy (non-hydrogen) atoms. The highest BCUT2D eigenvalue weighted by Gasteiger charge is 2.37. The van der Waals surface area contributed by atoms with Gasteiger partial charge in [0.1, 0.15) is 11.2 Å². The van der Waals surface area contributed by atoms with Crippen molar-refractivity contribution in [1.29, 1.82) is 0 Å². The number of hydrogen-bond acceptors (Lipinski definition) is 3. The maximum atomic E-state index is 6.51. The lowest BCUT2D eigenvalue weighted by molar-refractivity contribution is 0.661. The number of aromatic nitrogens is 2. The minimum atomic E-state index is -0.130. The lowest BCUT2D eigenvalue weighted by Gasteiger charge is -2.22. The molecule has 3 heteroatoms. The zero-order valence-corrected chi connectivity index (χ0v) is 35.4. The summed E-state index contributed by atoms with van der Waals surface area (Å²) in [4.78, 5) is 10.7. The van der Waals surface area contributed by atoms with E-state index in [9.17, 15) is 0 Å². The Morgan fingerprint density at radius 1 is 0.359 bits per heavy atom. The van der Waals surface area contributed by atoms with Crippen LogP contribution in [0.3, 0.4) is 0 Å². The van der Waals surface area contributed by atoms with Crippen molar-refractivity contribution in [3.8, 4) is 67.3 Å².